The van der Waals surface area contributed by atoms with Crippen LogP contribution in [0.25, 0.3) is 0 Å². The zero-order chi connectivity index (χ0) is 19.8. The first kappa shape index (κ1) is 20.4. The first-order valence-electron chi connectivity index (χ1n) is 8.60. The smallest absolute Gasteiger partial charge is 0.257 e. The lowest BCUT2D eigenvalue weighted by Gasteiger charge is -2.11. The minimum atomic E-state index is -0.538. The van der Waals surface area contributed by atoms with E-state index in [9.17, 15) is 9.59 Å². The fourth-order valence-corrected chi connectivity index (χ4v) is 2.41. The van der Waals surface area contributed by atoms with Gasteiger partial charge in [-0.2, -0.15) is 0 Å². The molecule has 2 aromatic rings. The van der Waals surface area contributed by atoms with Crippen LogP contribution >= 0.6 is 12.2 Å². The highest BCUT2D eigenvalue weighted by Crippen LogP contribution is 2.14. The minimum absolute atomic E-state index is 0.124. The fourth-order valence-electron chi connectivity index (χ4n) is 2.20. The average Bonchev–Trinajstić information content (AvgIpc) is 2.62. The van der Waals surface area contributed by atoms with E-state index in [-0.39, 0.29) is 11.0 Å². The number of ether oxygens (including phenoxy) is 1. The Morgan fingerprint density at radius 3 is 2.44 bits per heavy atom. The van der Waals surface area contributed by atoms with E-state index < -0.39 is 5.91 Å². The van der Waals surface area contributed by atoms with Crippen LogP contribution in [0, 0.1) is 5.92 Å². The maximum atomic E-state index is 12.3. The Morgan fingerprint density at radius 2 is 1.81 bits per heavy atom. The van der Waals surface area contributed by atoms with Crippen LogP contribution in [0.15, 0.2) is 48.5 Å². The molecule has 0 radical (unpaired) electrons. The van der Waals surface area contributed by atoms with Gasteiger partial charge in [0.25, 0.3) is 5.91 Å². The zero-order valence-corrected chi connectivity index (χ0v) is 16.1. The van der Waals surface area contributed by atoms with Gasteiger partial charge in [-0.15, -0.1) is 0 Å². The molecule has 0 unspecified atom stereocenters. The zero-order valence-electron chi connectivity index (χ0n) is 15.3. The third kappa shape index (κ3) is 6.71. The molecule has 2 rings (SSSR count). The van der Waals surface area contributed by atoms with E-state index >= 15 is 0 Å². The Balaban J connectivity index is 1.89. The quantitative estimate of drug-likeness (QED) is 0.636. The molecule has 0 aliphatic carbocycles. The van der Waals surface area contributed by atoms with E-state index in [1.54, 1.807) is 48.5 Å². The number of benzene rings is 2. The molecule has 2 amide bonds. The summed E-state index contributed by atoms with van der Waals surface area (Å²) in [4.78, 5) is 23.5. The highest BCUT2D eigenvalue weighted by Gasteiger charge is 2.09. The van der Waals surface area contributed by atoms with E-state index in [4.69, 9.17) is 22.7 Å². The van der Waals surface area contributed by atoms with Crippen LogP contribution in [-0.2, 0) is 0 Å². The number of anilines is 1. The van der Waals surface area contributed by atoms with Gasteiger partial charge in [-0.05, 0) is 67.0 Å². The van der Waals surface area contributed by atoms with Crippen LogP contribution in [0.2, 0.25) is 0 Å². The third-order valence-electron chi connectivity index (χ3n) is 3.71. The summed E-state index contributed by atoms with van der Waals surface area (Å²) >= 11 is 5.14. The summed E-state index contributed by atoms with van der Waals surface area (Å²) in [5.74, 6) is 0.417. The maximum Gasteiger partial charge on any atom is 0.257 e. The molecule has 0 aromatic heterocycles. The Labute approximate surface area is 164 Å². The Morgan fingerprint density at radius 1 is 1.11 bits per heavy atom. The van der Waals surface area contributed by atoms with Crippen molar-refractivity contribution < 1.29 is 14.3 Å². The van der Waals surface area contributed by atoms with Gasteiger partial charge in [0, 0.05) is 16.8 Å². The Kier molecular flexibility index (Phi) is 7.31. The van der Waals surface area contributed by atoms with Crippen molar-refractivity contribution in [1.29, 1.82) is 0 Å². The van der Waals surface area contributed by atoms with Crippen molar-refractivity contribution in [3.8, 4) is 5.75 Å². The molecule has 0 atom stereocenters. The van der Waals surface area contributed by atoms with Crippen LogP contribution in [0.3, 0.4) is 0 Å². The molecule has 0 saturated carbocycles. The summed E-state index contributed by atoms with van der Waals surface area (Å²) in [5, 5.41) is 5.57. The topological polar surface area (TPSA) is 93.4 Å². The molecule has 0 heterocycles. The monoisotopic (exact) mass is 385 g/mol. The van der Waals surface area contributed by atoms with Crippen molar-refractivity contribution >= 4 is 34.8 Å². The number of thiocarbonyl (C=S) groups is 1. The van der Waals surface area contributed by atoms with Crippen LogP contribution in [0.4, 0.5) is 5.69 Å². The molecule has 0 aliphatic heterocycles. The molecule has 27 heavy (non-hydrogen) atoms. The van der Waals surface area contributed by atoms with Crippen molar-refractivity contribution in [2.24, 2.45) is 11.7 Å². The number of nitrogens with two attached hydrogens (primary N) is 1. The molecular weight excluding hydrogens is 362 g/mol. The lowest BCUT2D eigenvalue weighted by molar-refractivity contribution is 0.0974. The molecule has 7 heteroatoms. The van der Waals surface area contributed by atoms with Gasteiger partial charge in [-0.3, -0.25) is 14.9 Å². The van der Waals surface area contributed by atoms with E-state index in [1.807, 2.05) is 0 Å². The Bertz CT molecular complexity index is 819. The normalized spacial score (nSPS) is 10.3. The van der Waals surface area contributed by atoms with Crippen molar-refractivity contribution in [3.63, 3.8) is 0 Å². The summed E-state index contributed by atoms with van der Waals surface area (Å²) in [7, 11) is 0. The largest absolute Gasteiger partial charge is 0.494 e. The molecule has 0 saturated heterocycles. The second-order valence-corrected chi connectivity index (χ2v) is 6.82. The molecule has 0 bridgehead atoms. The summed E-state index contributed by atoms with van der Waals surface area (Å²) in [5.41, 5.74) is 6.62. The molecular formula is C20H23N3O3S. The average molecular weight is 385 g/mol. The molecule has 4 N–H and O–H groups in total. The van der Waals surface area contributed by atoms with Crippen LogP contribution in [0.5, 0.6) is 5.75 Å². The molecule has 0 aliphatic rings. The highest BCUT2D eigenvalue weighted by molar-refractivity contribution is 7.80. The second kappa shape index (κ2) is 9.68. The fraction of sp³-hybridized carbons (Fsp3) is 0.250. The molecule has 142 valence electrons. The van der Waals surface area contributed by atoms with E-state index in [2.05, 4.69) is 24.5 Å². The number of carbonyl (C=O) groups excluding carboxylic acids is 2. The van der Waals surface area contributed by atoms with Gasteiger partial charge in [0.05, 0.1) is 6.61 Å². The van der Waals surface area contributed by atoms with Gasteiger partial charge >= 0.3 is 0 Å². The van der Waals surface area contributed by atoms with E-state index in [0.29, 0.717) is 29.3 Å². The van der Waals surface area contributed by atoms with Gasteiger partial charge in [0.15, 0.2) is 5.11 Å². The maximum absolute atomic E-state index is 12.3. The summed E-state index contributed by atoms with van der Waals surface area (Å²) in [6, 6.07) is 13.4. The lowest BCUT2D eigenvalue weighted by Crippen LogP contribution is -2.34. The molecule has 6 nitrogen and oxygen atoms in total. The van der Waals surface area contributed by atoms with Gasteiger partial charge in [0.1, 0.15) is 5.75 Å². The van der Waals surface area contributed by atoms with E-state index in [0.717, 1.165) is 12.2 Å². The first-order chi connectivity index (χ1) is 12.8. The Hall–Kier alpha value is -2.93. The van der Waals surface area contributed by atoms with Crippen molar-refractivity contribution in [2.75, 3.05) is 11.9 Å². The SMILES string of the molecule is CC(C)CCOc1ccc(C(=O)NC(=S)Nc2cccc(C(N)=O)c2)cc1. The molecule has 0 fully saturated rings. The molecule has 2 aromatic carbocycles. The van der Waals surface area contributed by atoms with Gasteiger partial charge in [0.2, 0.25) is 5.91 Å². The standard InChI is InChI=1S/C20H23N3O3S/c1-13(2)10-11-26-17-8-6-14(7-9-17)19(25)23-20(27)22-16-5-3-4-15(12-16)18(21)24/h3-9,12-13H,10-11H2,1-2H3,(H2,21,24)(H2,22,23,25,27). The van der Waals surface area contributed by atoms with Crippen LogP contribution < -0.4 is 21.1 Å². The number of hydrogen-bond acceptors (Lipinski definition) is 4. The number of hydrogen-bond donors (Lipinski definition) is 3. The second-order valence-electron chi connectivity index (χ2n) is 6.41. The highest BCUT2D eigenvalue weighted by atomic mass is 32.1. The van der Waals surface area contributed by atoms with Crippen LogP contribution in [0.1, 0.15) is 41.0 Å². The number of amides is 2. The lowest BCUT2D eigenvalue weighted by atomic mass is 10.1. The van der Waals surface area contributed by atoms with Crippen LogP contribution in [-0.4, -0.2) is 23.5 Å². The van der Waals surface area contributed by atoms with Gasteiger partial charge < -0.3 is 15.8 Å². The number of rotatable bonds is 7. The number of carbonyl (C=O) groups is 2. The third-order valence-corrected chi connectivity index (χ3v) is 3.92. The van der Waals surface area contributed by atoms with Gasteiger partial charge in [-0.1, -0.05) is 19.9 Å². The van der Waals surface area contributed by atoms with E-state index in [1.165, 1.54) is 0 Å². The predicted octanol–water partition coefficient (Wildman–Crippen LogP) is 3.34. The summed E-state index contributed by atoms with van der Waals surface area (Å²) in [6.45, 7) is 4.91. The van der Waals surface area contributed by atoms with Crippen molar-refractivity contribution in [3.05, 3.63) is 59.7 Å². The first-order valence-corrected chi connectivity index (χ1v) is 9.01. The van der Waals surface area contributed by atoms with Gasteiger partial charge in [-0.25, -0.2) is 0 Å². The molecule has 0 spiro atoms. The summed E-state index contributed by atoms with van der Waals surface area (Å²) in [6.07, 6.45) is 0.971. The number of primary amides is 1. The number of nitrogens with one attached hydrogen (secondary N) is 2. The van der Waals surface area contributed by atoms with Crippen molar-refractivity contribution in [1.82, 2.24) is 5.32 Å². The predicted molar refractivity (Wildman–Crippen MR) is 110 cm³/mol. The summed E-state index contributed by atoms with van der Waals surface area (Å²) < 4.78 is 5.63. The minimum Gasteiger partial charge on any atom is -0.494 e. The van der Waals surface area contributed by atoms with Crippen molar-refractivity contribution in [2.45, 2.75) is 20.3 Å².